The normalized spacial score (nSPS) is 23.7. The summed E-state index contributed by atoms with van der Waals surface area (Å²) in [5.41, 5.74) is 1.00. The molecule has 0 radical (unpaired) electrons. The minimum atomic E-state index is -2.93. The van der Waals surface area contributed by atoms with E-state index in [0.29, 0.717) is 6.42 Å². The van der Waals surface area contributed by atoms with E-state index in [1.165, 1.54) is 0 Å². The van der Waals surface area contributed by atoms with Crippen LogP contribution in [-0.4, -0.2) is 31.0 Å². The van der Waals surface area contributed by atoms with Gasteiger partial charge in [-0.2, -0.15) is 0 Å². The summed E-state index contributed by atoms with van der Waals surface area (Å²) >= 11 is 0. The number of rotatable bonds is 3. The van der Waals surface area contributed by atoms with E-state index in [9.17, 15) is 13.2 Å². The van der Waals surface area contributed by atoms with Crippen molar-refractivity contribution in [2.24, 2.45) is 5.92 Å². The number of carboxylic acids is 1. The molecule has 0 saturated carbocycles. The van der Waals surface area contributed by atoms with Crippen LogP contribution >= 0.6 is 0 Å². The van der Waals surface area contributed by atoms with Gasteiger partial charge in [0.05, 0.1) is 17.1 Å². The van der Waals surface area contributed by atoms with E-state index in [-0.39, 0.29) is 28.9 Å². The highest BCUT2D eigenvalue weighted by Crippen LogP contribution is 2.34. The number of aromatic carboxylic acids is 1. The molecule has 0 spiro atoms. The van der Waals surface area contributed by atoms with Crippen LogP contribution in [0.3, 0.4) is 0 Å². The van der Waals surface area contributed by atoms with Crippen molar-refractivity contribution in [3.05, 3.63) is 35.4 Å². The lowest BCUT2D eigenvalue weighted by Crippen LogP contribution is -2.15. The van der Waals surface area contributed by atoms with Crippen LogP contribution in [0.5, 0.6) is 0 Å². The minimum Gasteiger partial charge on any atom is -0.478 e. The quantitative estimate of drug-likeness (QED) is 0.909. The predicted octanol–water partition coefficient (Wildman–Crippen LogP) is 1.92. The Morgan fingerprint density at radius 1 is 1.39 bits per heavy atom. The first kappa shape index (κ1) is 13.1. The number of hydrogen-bond acceptors (Lipinski definition) is 3. The van der Waals surface area contributed by atoms with E-state index in [2.05, 4.69) is 0 Å². The van der Waals surface area contributed by atoms with Crippen molar-refractivity contribution >= 4 is 15.8 Å². The van der Waals surface area contributed by atoms with Gasteiger partial charge in [0.1, 0.15) is 0 Å². The number of benzene rings is 1. The van der Waals surface area contributed by atoms with Gasteiger partial charge in [0.15, 0.2) is 9.84 Å². The monoisotopic (exact) mass is 268 g/mol. The Balaban J connectivity index is 2.30. The summed E-state index contributed by atoms with van der Waals surface area (Å²) < 4.78 is 23.0. The number of carbonyl (C=O) groups is 1. The zero-order valence-corrected chi connectivity index (χ0v) is 11.0. The fourth-order valence-electron chi connectivity index (χ4n) is 2.56. The first-order chi connectivity index (χ1) is 8.41. The van der Waals surface area contributed by atoms with Gasteiger partial charge in [-0.25, -0.2) is 13.2 Å². The second-order valence-electron chi connectivity index (χ2n) is 4.84. The minimum absolute atomic E-state index is 0.0236. The summed E-state index contributed by atoms with van der Waals surface area (Å²) in [5.74, 6) is -0.595. The molecule has 1 saturated heterocycles. The molecule has 1 heterocycles. The van der Waals surface area contributed by atoms with Crippen LogP contribution < -0.4 is 0 Å². The highest BCUT2D eigenvalue weighted by atomic mass is 32.2. The topological polar surface area (TPSA) is 71.4 Å². The maximum atomic E-state index is 11.5. The van der Waals surface area contributed by atoms with Crippen molar-refractivity contribution in [3.8, 4) is 0 Å². The van der Waals surface area contributed by atoms with E-state index >= 15 is 0 Å². The van der Waals surface area contributed by atoms with Gasteiger partial charge in [-0.1, -0.05) is 25.1 Å². The van der Waals surface area contributed by atoms with E-state index < -0.39 is 15.8 Å². The van der Waals surface area contributed by atoms with Crippen LogP contribution in [0, 0.1) is 5.92 Å². The summed E-state index contributed by atoms with van der Waals surface area (Å²) in [5, 5.41) is 9.14. The van der Waals surface area contributed by atoms with Gasteiger partial charge in [0.25, 0.3) is 0 Å². The van der Waals surface area contributed by atoms with Gasteiger partial charge in [0.2, 0.25) is 0 Å². The summed E-state index contributed by atoms with van der Waals surface area (Å²) in [6, 6.07) is 6.82. The zero-order valence-electron chi connectivity index (χ0n) is 10.2. The van der Waals surface area contributed by atoms with Crippen LogP contribution in [0.1, 0.15) is 35.2 Å². The molecule has 1 aromatic rings. The van der Waals surface area contributed by atoms with Crippen molar-refractivity contribution in [2.75, 3.05) is 11.5 Å². The van der Waals surface area contributed by atoms with Gasteiger partial charge in [-0.3, -0.25) is 0 Å². The molecule has 2 rings (SSSR count). The summed E-state index contributed by atoms with van der Waals surface area (Å²) in [7, 11) is -2.93. The van der Waals surface area contributed by atoms with E-state index in [1.54, 1.807) is 24.3 Å². The molecule has 1 aliphatic rings. The maximum absolute atomic E-state index is 11.5. The average molecular weight is 268 g/mol. The Morgan fingerprint density at radius 3 is 2.61 bits per heavy atom. The van der Waals surface area contributed by atoms with Crippen molar-refractivity contribution in [1.82, 2.24) is 0 Å². The molecule has 18 heavy (non-hydrogen) atoms. The maximum Gasteiger partial charge on any atom is 0.335 e. The molecular formula is C13H16O4S. The Bertz CT molecular complexity index is 562. The molecule has 1 aliphatic heterocycles. The molecule has 0 bridgehead atoms. The second-order valence-corrected chi connectivity index (χ2v) is 7.07. The van der Waals surface area contributed by atoms with Crippen LogP contribution in [0.25, 0.3) is 0 Å². The molecule has 1 N–H and O–H groups in total. The molecule has 0 aromatic heterocycles. The molecule has 5 heteroatoms. The molecule has 1 fully saturated rings. The van der Waals surface area contributed by atoms with Crippen molar-refractivity contribution in [3.63, 3.8) is 0 Å². The third-order valence-corrected chi connectivity index (χ3v) is 5.45. The Hall–Kier alpha value is -1.36. The fraction of sp³-hybridized carbons (Fsp3) is 0.462. The highest BCUT2D eigenvalue weighted by molar-refractivity contribution is 7.91. The molecule has 0 aliphatic carbocycles. The highest BCUT2D eigenvalue weighted by Gasteiger charge is 2.33. The number of carboxylic acid groups (broad SMARTS) is 1. The van der Waals surface area contributed by atoms with Crippen molar-refractivity contribution in [2.45, 2.75) is 19.3 Å². The van der Waals surface area contributed by atoms with E-state index in [1.807, 2.05) is 6.92 Å². The van der Waals surface area contributed by atoms with E-state index in [0.717, 1.165) is 5.56 Å². The third kappa shape index (κ3) is 2.56. The third-order valence-electron chi connectivity index (χ3n) is 3.66. The molecule has 0 amide bonds. The van der Waals surface area contributed by atoms with Crippen molar-refractivity contribution < 1.29 is 18.3 Å². The molecule has 2 atom stereocenters. The molecule has 98 valence electrons. The van der Waals surface area contributed by atoms with Crippen LogP contribution in [0.15, 0.2) is 24.3 Å². The van der Waals surface area contributed by atoms with Crippen LogP contribution in [-0.2, 0) is 9.84 Å². The average Bonchev–Trinajstić information content (AvgIpc) is 2.68. The standard InChI is InChI=1S/C13H16O4S/c1-9(10-6-7-18(16,17)8-10)11-4-2-3-5-12(11)13(14)15/h2-5,9-10H,6-8H2,1H3,(H,14,15). The number of hydrogen-bond donors (Lipinski definition) is 1. The summed E-state index contributed by atoms with van der Waals surface area (Å²) in [4.78, 5) is 11.2. The fourth-order valence-corrected chi connectivity index (χ4v) is 4.50. The first-order valence-electron chi connectivity index (χ1n) is 5.93. The number of sulfone groups is 1. The Morgan fingerprint density at radius 2 is 2.06 bits per heavy atom. The van der Waals surface area contributed by atoms with Crippen LogP contribution in [0.2, 0.25) is 0 Å². The molecule has 1 aromatic carbocycles. The Kier molecular flexibility index (Phi) is 3.43. The van der Waals surface area contributed by atoms with Gasteiger partial charge in [0, 0.05) is 0 Å². The first-order valence-corrected chi connectivity index (χ1v) is 7.75. The van der Waals surface area contributed by atoms with E-state index in [4.69, 9.17) is 5.11 Å². The second kappa shape index (κ2) is 4.72. The van der Waals surface area contributed by atoms with Gasteiger partial charge in [-0.15, -0.1) is 0 Å². The van der Waals surface area contributed by atoms with Crippen LogP contribution in [0.4, 0.5) is 0 Å². The predicted molar refractivity (Wildman–Crippen MR) is 68.6 cm³/mol. The lowest BCUT2D eigenvalue weighted by atomic mass is 9.85. The van der Waals surface area contributed by atoms with Gasteiger partial charge in [-0.05, 0) is 29.9 Å². The smallest absolute Gasteiger partial charge is 0.335 e. The SMILES string of the molecule is CC(c1ccccc1C(=O)O)C1CCS(=O)(=O)C1. The zero-order chi connectivity index (χ0) is 13.3. The molecule has 2 unspecified atom stereocenters. The van der Waals surface area contributed by atoms with Gasteiger partial charge < -0.3 is 5.11 Å². The Labute approximate surface area is 107 Å². The lowest BCUT2D eigenvalue weighted by Gasteiger charge is -2.19. The molecular weight excluding hydrogens is 252 g/mol. The largest absolute Gasteiger partial charge is 0.478 e. The summed E-state index contributed by atoms with van der Waals surface area (Å²) in [6.07, 6.45) is 0.622. The summed E-state index contributed by atoms with van der Waals surface area (Å²) in [6.45, 7) is 1.91. The van der Waals surface area contributed by atoms with Gasteiger partial charge >= 0.3 is 5.97 Å². The lowest BCUT2D eigenvalue weighted by molar-refractivity contribution is 0.0695. The van der Waals surface area contributed by atoms with Crippen molar-refractivity contribution in [1.29, 1.82) is 0 Å². The molecule has 4 nitrogen and oxygen atoms in total.